The number of fused-ring (bicyclic) bond motifs is 1. The molecule has 0 bridgehead atoms. The van der Waals surface area contributed by atoms with E-state index in [2.05, 4.69) is 25.3 Å². The molecule has 0 aliphatic rings. The van der Waals surface area contributed by atoms with Crippen molar-refractivity contribution in [3.63, 3.8) is 0 Å². The Labute approximate surface area is 126 Å². The summed E-state index contributed by atoms with van der Waals surface area (Å²) in [6.45, 7) is 1.22. The molecule has 21 heavy (non-hydrogen) atoms. The molecule has 0 spiro atoms. The number of pyridine rings is 1. The molecule has 3 aromatic heterocycles. The highest BCUT2D eigenvalue weighted by Gasteiger charge is 2.10. The van der Waals surface area contributed by atoms with Crippen LogP contribution in [0.25, 0.3) is 11.2 Å². The molecule has 0 atom stereocenters. The van der Waals surface area contributed by atoms with Gasteiger partial charge in [0.15, 0.2) is 11.5 Å². The second-order valence-electron chi connectivity index (χ2n) is 4.44. The molecule has 0 aliphatic carbocycles. The smallest absolute Gasteiger partial charge is 0.227 e. The molecule has 0 saturated carbocycles. The number of alkyl halides is 1. The van der Waals surface area contributed by atoms with Gasteiger partial charge in [0.05, 0.1) is 6.33 Å². The summed E-state index contributed by atoms with van der Waals surface area (Å²) in [6.07, 6.45) is 5.15. The maximum atomic E-state index is 5.93. The molecule has 0 unspecified atom stereocenters. The van der Waals surface area contributed by atoms with E-state index in [9.17, 15) is 0 Å². The first kappa shape index (κ1) is 13.6. The highest BCUT2D eigenvalue weighted by molar-refractivity contribution is 6.17. The number of nitrogens with two attached hydrogens (primary N) is 1. The summed E-state index contributed by atoms with van der Waals surface area (Å²) in [4.78, 5) is 16.9. The van der Waals surface area contributed by atoms with Gasteiger partial charge in [-0.15, -0.1) is 11.6 Å². The third-order valence-corrected chi connectivity index (χ3v) is 3.19. The van der Waals surface area contributed by atoms with Gasteiger partial charge in [-0.2, -0.15) is 9.97 Å². The lowest BCUT2D eigenvalue weighted by molar-refractivity contribution is 0.783. The van der Waals surface area contributed by atoms with Crippen LogP contribution in [0.4, 0.5) is 11.8 Å². The third kappa shape index (κ3) is 2.87. The first-order chi connectivity index (χ1) is 10.3. The third-order valence-electron chi connectivity index (χ3n) is 3.02. The van der Waals surface area contributed by atoms with Crippen LogP contribution in [-0.4, -0.2) is 30.4 Å². The van der Waals surface area contributed by atoms with Crippen LogP contribution < -0.4 is 11.1 Å². The quantitative estimate of drug-likeness (QED) is 0.696. The van der Waals surface area contributed by atoms with Crippen molar-refractivity contribution in [2.45, 2.75) is 13.1 Å². The molecule has 3 aromatic rings. The maximum absolute atomic E-state index is 5.93. The van der Waals surface area contributed by atoms with Crippen LogP contribution in [0.1, 0.15) is 5.56 Å². The van der Waals surface area contributed by atoms with E-state index < -0.39 is 0 Å². The molecule has 8 heteroatoms. The Morgan fingerprint density at radius 2 is 2.05 bits per heavy atom. The van der Waals surface area contributed by atoms with Crippen LogP contribution in [0.15, 0.2) is 30.9 Å². The second-order valence-corrected chi connectivity index (χ2v) is 4.82. The summed E-state index contributed by atoms with van der Waals surface area (Å²) in [5.74, 6) is 1.30. The Balaban J connectivity index is 1.87. The average molecular weight is 304 g/mol. The van der Waals surface area contributed by atoms with Gasteiger partial charge in [-0.1, -0.05) is 0 Å². The van der Waals surface area contributed by atoms with E-state index in [1.807, 2.05) is 16.7 Å². The molecule has 3 heterocycles. The zero-order chi connectivity index (χ0) is 14.7. The van der Waals surface area contributed by atoms with E-state index in [0.717, 1.165) is 5.56 Å². The summed E-state index contributed by atoms with van der Waals surface area (Å²) >= 11 is 5.77. The molecule has 7 nitrogen and oxygen atoms in total. The van der Waals surface area contributed by atoms with E-state index in [1.165, 1.54) is 0 Å². The van der Waals surface area contributed by atoms with Gasteiger partial charge in [0.1, 0.15) is 5.52 Å². The first-order valence-corrected chi connectivity index (χ1v) is 6.98. The van der Waals surface area contributed by atoms with Crippen LogP contribution in [0, 0.1) is 0 Å². The number of nitrogens with zero attached hydrogens (tertiary/aromatic N) is 5. The van der Waals surface area contributed by atoms with E-state index >= 15 is 0 Å². The topological polar surface area (TPSA) is 94.5 Å². The fourth-order valence-corrected chi connectivity index (χ4v) is 2.16. The molecule has 108 valence electrons. The summed E-state index contributed by atoms with van der Waals surface area (Å²) in [6, 6.07) is 3.85. The summed E-state index contributed by atoms with van der Waals surface area (Å²) in [5, 5.41) is 3.15. The van der Waals surface area contributed by atoms with Crippen molar-refractivity contribution in [1.82, 2.24) is 24.5 Å². The molecule has 0 fully saturated rings. The van der Waals surface area contributed by atoms with Gasteiger partial charge in [-0.05, 0) is 17.7 Å². The van der Waals surface area contributed by atoms with Gasteiger partial charge in [-0.3, -0.25) is 4.98 Å². The zero-order valence-electron chi connectivity index (χ0n) is 11.2. The predicted octanol–water partition coefficient (Wildman–Crippen LogP) is 1.65. The molecule has 0 radical (unpaired) electrons. The minimum atomic E-state index is 0.352. The van der Waals surface area contributed by atoms with Crippen molar-refractivity contribution in [2.24, 2.45) is 0 Å². The monoisotopic (exact) mass is 303 g/mol. The number of hydrogen-bond acceptors (Lipinski definition) is 6. The number of aryl methyl sites for hydroxylation is 1. The Kier molecular flexibility index (Phi) is 3.83. The first-order valence-electron chi connectivity index (χ1n) is 6.45. The molecule has 0 saturated heterocycles. The van der Waals surface area contributed by atoms with Crippen LogP contribution in [0.3, 0.4) is 0 Å². The molecule has 3 N–H and O–H groups in total. The lowest BCUT2D eigenvalue weighted by Gasteiger charge is -2.07. The minimum Gasteiger partial charge on any atom is -0.382 e. The van der Waals surface area contributed by atoms with Gasteiger partial charge >= 0.3 is 0 Å². The van der Waals surface area contributed by atoms with Crippen molar-refractivity contribution >= 4 is 34.5 Å². The molecule has 0 aromatic carbocycles. The minimum absolute atomic E-state index is 0.352. The van der Waals surface area contributed by atoms with E-state index in [1.54, 1.807) is 18.7 Å². The molecule has 3 rings (SSSR count). The fourth-order valence-electron chi connectivity index (χ4n) is 1.98. The summed E-state index contributed by atoms with van der Waals surface area (Å²) in [7, 11) is 0. The average Bonchev–Trinajstić information content (AvgIpc) is 2.90. The number of imidazole rings is 1. The van der Waals surface area contributed by atoms with Crippen LogP contribution in [-0.2, 0) is 13.1 Å². The van der Waals surface area contributed by atoms with Gasteiger partial charge in [-0.25, -0.2) is 4.98 Å². The number of rotatable bonds is 5. The van der Waals surface area contributed by atoms with E-state index in [0.29, 0.717) is 41.9 Å². The lowest BCUT2D eigenvalue weighted by atomic mass is 10.3. The van der Waals surface area contributed by atoms with Crippen LogP contribution in [0.2, 0.25) is 0 Å². The number of nitrogens with one attached hydrogen (secondary N) is 1. The number of halogens is 1. The summed E-state index contributed by atoms with van der Waals surface area (Å²) in [5.41, 5.74) is 8.28. The van der Waals surface area contributed by atoms with Gasteiger partial charge in [0, 0.05) is 31.4 Å². The number of aromatic nitrogens is 5. The largest absolute Gasteiger partial charge is 0.382 e. The zero-order valence-corrected chi connectivity index (χ0v) is 12.0. The standard InChI is InChI=1S/C13H14ClN7/c14-3-6-21-8-18-10-11(15)19-13(20-12(10)21)17-7-9-1-4-16-5-2-9/h1-2,4-5,8H,3,6-7H2,(H3,15,17,19,20). The normalized spacial score (nSPS) is 10.9. The number of hydrogen-bond donors (Lipinski definition) is 2. The number of anilines is 2. The second kappa shape index (κ2) is 5.92. The van der Waals surface area contributed by atoms with Gasteiger partial charge in [0.2, 0.25) is 5.95 Å². The Hall–Kier alpha value is -2.41. The fraction of sp³-hybridized carbons (Fsp3) is 0.231. The van der Waals surface area contributed by atoms with Crippen molar-refractivity contribution in [1.29, 1.82) is 0 Å². The molecular formula is C13H14ClN7. The van der Waals surface area contributed by atoms with Crippen molar-refractivity contribution < 1.29 is 0 Å². The lowest BCUT2D eigenvalue weighted by Crippen LogP contribution is -2.07. The Morgan fingerprint density at radius 3 is 2.81 bits per heavy atom. The Bertz CT molecular complexity index is 741. The van der Waals surface area contributed by atoms with Crippen molar-refractivity contribution in [3.05, 3.63) is 36.4 Å². The highest BCUT2D eigenvalue weighted by Crippen LogP contribution is 2.18. The van der Waals surface area contributed by atoms with Crippen molar-refractivity contribution in [2.75, 3.05) is 16.9 Å². The van der Waals surface area contributed by atoms with Gasteiger partial charge < -0.3 is 15.6 Å². The summed E-state index contributed by atoms with van der Waals surface area (Å²) < 4.78 is 1.86. The highest BCUT2D eigenvalue weighted by atomic mass is 35.5. The predicted molar refractivity (Wildman–Crippen MR) is 82.0 cm³/mol. The number of nitrogen functional groups attached to an aromatic ring is 1. The van der Waals surface area contributed by atoms with Crippen LogP contribution >= 0.6 is 11.6 Å². The van der Waals surface area contributed by atoms with E-state index in [4.69, 9.17) is 17.3 Å². The molecule has 0 aliphatic heterocycles. The Morgan fingerprint density at radius 1 is 1.24 bits per heavy atom. The van der Waals surface area contributed by atoms with Crippen molar-refractivity contribution in [3.8, 4) is 0 Å². The van der Waals surface area contributed by atoms with E-state index in [-0.39, 0.29) is 0 Å². The SMILES string of the molecule is Nc1nc(NCc2ccncc2)nc2c1ncn2CCCl. The van der Waals surface area contributed by atoms with Crippen LogP contribution in [0.5, 0.6) is 0 Å². The molecule has 0 amide bonds. The molecular weight excluding hydrogens is 290 g/mol. The van der Waals surface area contributed by atoms with Gasteiger partial charge in [0.25, 0.3) is 0 Å². The maximum Gasteiger partial charge on any atom is 0.227 e.